The summed E-state index contributed by atoms with van der Waals surface area (Å²) in [6.07, 6.45) is 0. The van der Waals surface area contributed by atoms with E-state index < -0.39 is 5.41 Å². The summed E-state index contributed by atoms with van der Waals surface area (Å²) < 4.78 is 14.0. The molecule has 0 unspecified atom stereocenters. The molecule has 0 aliphatic heterocycles. The van der Waals surface area contributed by atoms with Gasteiger partial charge in [-0.3, -0.25) is 0 Å². The van der Waals surface area contributed by atoms with E-state index in [1.54, 1.807) is 0 Å². The molecule has 2 aromatic heterocycles. The highest BCUT2D eigenvalue weighted by Crippen LogP contribution is 2.67. The van der Waals surface area contributed by atoms with Gasteiger partial charge in [0, 0.05) is 43.7 Å². The van der Waals surface area contributed by atoms with Gasteiger partial charge in [-0.25, -0.2) is 0 Å². The Morgan fingerprint density at radius 2 is 0.576 bits per heavy atom. The first-order chi connectivity index (χ1) is 42.2. The summed E-state index contributed by atoms with van der Waals surface area (Å²) in [6, 6.07) is 111. The average Bonchev–Trinajstić information content (AvgIpc) is 1.59. The van der Waals surface area contributed by atoms with Gasteiger partial charge in [-0.1, -0.05) is 243 Å². The number of hydrogen-bond acceptors (Lipinski definition) is 4. The third-order valence-corrected chi connectivity index (χ3v) is 18.3. The predicted octanol–water partition coefficient (Wildman–Crippen LogP) is 22.4. The maximum absolute atomic E-state index is 7.02. The van der Waals surface area contributed by atoms with Crippen LogP contribution in [0.4, 0.5) is 34.1 Å². The van der Waals surface area contributed by atoms with Gasteiger partial charge >= 0.3 is 0 Å². The molecule has 2 heterocycles. The van der Waals surface area contributed by atoms with Gasteiger partial charge in [0.05, 0.1) is 28.2 Å². The molecule has 0 radical (unpaired) electrons. The third-order valence-electron chi connectivity index (χ3n) is 18.3. The Bertz CT molecular complexity index is 5030. The fourth-order valence-electron chi connectivity index (χ4n) is 14.7. The number of nitrogens with zero attached hydrogens (tertiary/aromatic N) is 2. The molecule has 0 bridgehead atoms. The van der Waals surface area contributed by atoms with Gasteiger partial charge in [-0.05, 0) is 138 Å². The molecule has 85 heavy (non-hydrogen) atoms. The third kappa shape index (κ3) is 6.85. The first-order valence-corrected chi connectivity index (χ1v) is 29.2. The minimum Gasteiger partial charge on any atom is -0.454 e. The van der Waals surface area contributed by atoms with Gasteiger partial charge in [0.2, 0.25) is 0 Å². The number of benzene rings is 14. The maximum Gasteiger partial charge on any atom is 0.159 e. The number of rotatable bonds is 8. The van der Waals surface area contributed by atoms with Crippen LogP contribution in [0.3, 0.4) is 0 Å². The smallest absolute Gasteiger partial charge is 0.159 e. The highest BCUT2D eigenvalue weighted by molar-refractivity contribution is 6.21. The van der Waals surface area contributed by atoms with Gasteiger partial charge < -0.3 is 18.6 Å². The Morgan fingerprint density at radius 3 is 1.01 bits per heavy atom. The molecular formula is C81H50N2O2. The van der Waals surface area contributed by atoms with E-state index >= 15 is 0 Å². The van der Waals surface area contributed by atoms with Crippen molar-refractivity contribution < 1.29 is 8.83 Å². The number of furan rings is 2. The van der Waals surface area contributed by atoms with Crippen molar-refractivity contribution in [3.05, 3.63) is 326 Å². The predicted molar refractivity (Wildman–Crippen MR) is 353 cm³/mol. The molecule has 4 nitrogen and oxygen atoms in total. The van der Waals surface area contributed by atoms with E-state index in [4.69, 9.17) is 8.83 Å². The Labute approximate surface area is 490 Å². The average molecular weight is 1080 g/mol. The molecule has 0 atom stereocenters. The zero-order valence-corrected chi connectivity index (χ0v) is 46.1. The fraction of sp³-hybridized carbons (Fsp3) is 0.0123. The number of hydrogen-bond donors (Lipinski definition) is 0. The van der Waals surface area contributed by atoms with E-state index in [1.807, 2.05) is 0 Å². The molecule has 0 saturated heterocycles. The van der Waals surface area contributed by atoms with Crippen LogP contribution < -0.4 is 9.80 Å². The minimum absolute atomic E-state index is 0.780. The van der Waals surface area contributed by atoms with Crippen LogP contribution in [-0.4, -0.2) is 0 Å². The van der Waals surface area contributed by atoms with E-state index in [9.17, 15) is 0 Å². The Hall–Kier alpha value is -11.2. The van der Waals surface area contributed by atoms with Gasteiger partial charge in [0.25, 0.3) is 0 Å². The lowest BCUT2D eigenvalue weighted by atomic mass is 9.70. The SMILES string of the molecule is c1ccc(-c2ccc(N(c3cc4c(c5ccccc35)-c3c(cc(N(c5ccc(-c6ccccc6)cc5)c5cccc6c5oc5ccccc56)c5ccccc35)C43c4ccccc4-c4ccccc43)c3cccc4c3oc3ccccc34)cc2)cc1. The molecule has 2 aliphatic carbocycles. The van der Waals surface area contributed by atoms with E-state index in [2.05, 4.69) is 313 Å². The van der Waals surface area contributed by atoms with Crippen LogP contribution in [0.15, 0.2) is 312 Å². The quantitative estimate of drug-likeness (QED) is 0.152. The van der Waals surface area contributed by atoms with Crippen LogP contribution >= 0.6 is 0 Å². The lowest BCUT2D eigenvalue weighted by Crippen LogP contribution is -2.26. The van der Waals surface area contributed by atoms with Gasteiger partial charge in [0.15, 0.2) is 11.2 Å². The second kappa shape index (κ2) is 18.4. The standard InChI is InChI=1S/C81H50N2O2/c1-3-21-51(22-4-1)53-41-45-55(46-42-53)82(71-37-19-33-65-61-29-13-17-39-75(61)84-79(65)71)73-49-69-77(63-31-9-7-27-59(63)73)78-64-32-10-8-28-60(64)74(50-70(78)81(69)67-35-15-11-25-57(67)58-26-12-16-36-68(58)81)83(56-47-43-54(44-48-56)52-23-5-2-6-24-52)72-38-20-34-66-62-30-14-18-40-76(62)85-80(66)72/h1-50H. The molecule has 1 spiro atoms. The van der Waals surface area contributed by atoms with Crippen LogP contribution in [0.1, 0.15) is 22.3 Å². The summed E-state index contributed by atoms with van der Waals surface area (Å²) in [7, 11) is 0. The summed E-state index contributed by atoms with van der Waals surface area (Å²) in [5, 5.41) is 8.94. The zero-order chi connectivity index (χ0) is 55.7. The summed E-state index contributed by atoms with van der Waals surface area (Å²) in [5.41, 5.74) is 23.3. The highest BCUT2D eigenvalue weighted by Gasteiger charge is 2.53. The second-order valence-electron chi connectivity index (χ2n) is 22.6. The van der Waals surface area contributed by atoms with Crippen LogP contribution in [0, 0.1) is 0 Å². The lowest BCUT2D eigenvalue weighted by molar-refractivity contribution is 0.669. The molecule has 396 valence electrons. The normalized spacial score (nSPS) is 12.8. The molecule has 2 aliphatic rings. The summed E-state index contributed by atoms with van der Waals surface area (Å²) in [6.45, 7) is 0. The Morgan fingerprint density at radius 1 is 0.235 bits per heavy atom. The lowest BCUT2D eigenvalue weighted by Gasteiger charge is -2.34. The molecule has 0 N–H and O–H groups in total. The van der Waals surface area contributed by atoms with Gasteiger partial charge in [-0.2, -0.15) is 0 Å². The summed E-state index contributed by atoms with van der Waals surface area (Å²) in [5.74, 6) is 0. The monoisotopic (exact) mass is 1080 g/mol. The second-order valence-corrected chi connectivity index (χ2v) is 22.6. The van der Waals surface area contributed by atoms with Crippen molar-refractivity contribution in [3.63, 3.8) is 0 Å². The fourth-order valence-corrected chi connectivity index (χ4v) is 14.7. The van der Waals surface area contributed by atoms with Crippen molar-refractivity contribution in [2.24, 2.45) is 0 Å². The van der Waals surface area contributed by atoms with Crippen molar-refractivity contribution in [1.82, 2.24) is 0 Å². The Kier molecular flexibility index (Phi) is 10.3. The molecule has 14 aromatic carbocycles. The molecule has 0 fully saturated rings. The van der Waals surface area contributed by atoms with Crippen molar-refractivity contribution in [3.8, 4) is 44.5 Å². The van der Waals surface area contributed by atoms with E-state index in [1.165, 1.54) is 66.4 Å². The molecule has 0 saturated carbocycles. The molecule has 4 heteroatoms. The topological polar surface area (TPSA) is 32.8 Å². The van der Waals surface area contributed by atoms with E-state index in [0.29, 0.717) is 0 Å². The minimum atomic E-state index is -0.780. The first kappa shape index (κ1) is 47.4. The molecule has 18 rings (SSSR count). The van der Waals surface area contributed by atoms with Crippen LogP contribution in [-0.2, 0) is 5.41 Å². The summed E-state index contributed by atoms with van der Waals surface area (Å²) in [4.78, 5) is 4.92. The molecular weight excluding hydrogens is 1030 g/mol. The number of anilines is 6. The van der Waals surface area contributed by atoms with Crippen LogP contribution in [0.5, 0.6) is 0 Å². The molecule has 16 aromatic rings. The number of para-hydroxylation sites is 4. The first-order valence-electron chi connectivity index (χ1n) is 29.2. The van der Waals surface area contributed by atoms with E-state index in [-0.39, 0.29) is 0 Å². The van der Waals surface area contributed by atoms with Crippen molar-refractivity contribution in [1.29, 1.82) is 0 Å². The van der Waals surface area contributed by atoms with Crippen molar-refractivity contribution in [2.45, 2.75) is 5.41 Å². The van der Waals surface area contributed by atoms with Crippen LogP contribution in [0.2, 0.25) is 0 Å². The summed E-state index contributed by atoms with van der Waals surface area (Å²) >= 11 is 0. The van der Waals surface area contributed by atoms with Crippen LogP contribution in [0.25, 0.3) is 110 Å². The van der Waals surface area contributed by atoms with E-state index in [0.717, 1.165) is 99.9 Å². The maximum atomic E-state index is 7.02. The molecule has 0 amide bonds. The van der Waals surface area contributed by atoms with Crippen molar-refractivity contribution >= 4 is 99.5 Å². The number of fused-ring (bicyclic) bond motifs is 20. The van der Waals surface area contributed by atoms with Crippen molar-refractivity contribution in [2.75, 3.05) is 9.80 Å². The Balaban J connectivity index is 0.962. The van der Waals surface area contributed by atoms with Gasteiger partial charge in [0.1, 0.15) is 11.2 Å². The van der Waals surface area contributed by atoms with Gasteiger partial charge in [-0.15, -0.1) is 0 Å². The zero-order valence-electron chi connectivity index (χ0n) is 46.1. The highest BCUT2D eigenvalue weighted by atomic mass is 16.3. The largest absolute Gasteiger partial charge is 0.454 e.